The molecule has 1 heterocycles. The van der Waals surface area contributed by atoms with E-state index >= 15 is 0 Å². The zero-order valence-corrected chi connectivity index (χ0v) is 18.0. The summed E-state index contributed by atoms with van der Waals surface area (Å²) in [5.41, 5.74) is 2.98. The van der Waals surface area contributed by atoms with Gasteiger partial charge in [-0.15, -0.1) is 0 Å². The van der Waals surface area contributed by atoms with Crippen molar-refractivity contribution in [1.82, 2.24) is 10.4 Å². The predicted molar refractivity (Wildman–Crippen MR) is 119 cm³/mol. The second-order valence-corrected chi connectivity index (χ2v) is 8.49. The molecule has 31 heavy (non-hydrogen) atoms. The Bertz CT molecular complexity index is 1170. The van der Waals surface area contributed by atoms with E-state index in [0.29, 0.717) is 5.69 Å². The van der Waals surface area contributed by atoms with Crippen molar-refractivity contribution in [3.63, 3.8) is 0 Å². The molecule has 10 heteroatoms. The number of hydrogen-bond donors (Lipinski definition) is 1. The number of hydrogen-bond acceptors (Lipinski definition) is 6. The van der Waals surface area contributed by atoms with Crippen LogP contribution in [-0.2, 0) is 14.8 Å². The minimum Gasteiger partial charge on any atom is -0.495 e. The summed E-state index contributed by atoms with van der Waals surface area (Å²) in [6, 6.07) is 17.5. The largest absolute Gasteiger partial charge is 0.495 e. The van der Waals surface area contributed by atoms with E-state index in [1.165, 1.54) is 37.6 Å². The second-order valence-electron chi connectivity index (χ2n) is 6.19. The van der Waals surface area contributed by atoms with E-state index in [4.69, 9.17) is 16.3 Å². The number of sulfonamides is 1. The molecular formula is C21H19ClN4O4S. The van der Waals surface area contributed by atoms with Gasteiger partial charge in [0.05, 0.1) is 29.6 Å². The fourth-order valence-corrected chi connectivity index (χ4v) is 4.28. The van der Waals surface area contributed by atoms with Crippen molar-refractivity contribution in [1.29, 1.82) is 0 Å². The number of benzene rings is 2. The molecule has 2 aromatic carbocycles. The van der Waals surface area contributed by atoms with E-state index in [0.717, 1.165) is 4.31 Å². The summed E-state index contributed by atoms with van der Waals surface area (Å²) >= 11 is 6.09. The van der Waals surface area contributed by atoms with Gasteiger partial charge in [-0.2, -0.15) is 5.10 Å². The molecule has 0 saturated carbocycles. The van der Waals surface area contributed by atoms with Gasteiger partial charge in [0.15, 0.2) is 0 Å². The number of nitrogens with zero attached hydrogens (tertiary/aromatic N) is 3. The van der Waals surface area contributed by atoms with Crippen LogP contribution in [0.1, 0.15) is 5.69 Å². The first-order valence-electron chi connectivity index (χ1n) is 9.06. The van der Waals surface area contributed by atoms with Crippen LogP contribution < -0.4 is 14.5 Å². The molecule has 1 aromatic heterocycles. The lowest BCUT2D eigenvalue weighted by Gasteiger charge is -2.25. The molecule has 0 atom stereocenters. The van der Waals surface area contributed by atoms with Crippen LogP contribution in [0.4, 0.5) is 5.69 Å². The van der Waals surface area contributed by atoms with Crippen molar-refractivity contribution in [3.8, 4) is 5.75 Å². The fourth-order valence-electron chi connectivity index (χ4n) is 2.67. The molecule has 3 aromatic rings. The van der Waals surface area contributed by atoms with E-state index in [-0.39, 0.29) is 21.4 Å². The third kappa shape index (κ3) is 5.59. The average molecular weight is 459 g/mol. The fraction of sp³-hybridized carbons (Fsp3) is 0.0952. The number of anilines is 1. The molecule has 0 fully saturated rings. The van der Waals surface area contributed by atoms with E-state index in [1.54, 1.807) is 48.7 Å². The second kappa shape index (κ2) is 10.1. The number of hydrazone groups is 1. The number of rotatable bonds is 8. The van der Waals surface area contributed by atoms with Crippen molar-refractivity contribution in [2.75, 3.05) is 18.0 Å². The SMILES string of the molecule is COc1ccc(Cl)cc1N(CC(=O)NN=Cc1ccccn1)S(=O)(=O)c1ccccc1. The Hall–Kier alpha value is -3.43. The molecule has 0 bridgehead atoms. The van der Waals surface area contributed by atoms with Crippen molar-refractivity contribution in [3.05, 3.63) is 83.6 Å². The van der Waals surface area contributed by atoms with E-state index in [9.17, 15) is 13.2 Å². The summed E-state index contributed by atoms with van der Waals surface area (Å²) < 4.78 is 32.9. The third-order valence-electron chi connectivity index (χ3n) is 4.10. The van der Waals surface area contributed by atoms with Crippen LogP contribution in [0.5, 0.6) is 5.75 Å². The van der Waals surface area contributed by atoms with Crippen LogP contribution in [0, 0.1) is 0 Å². The number of amides is 1. The van der Waals surface area contributed by atoms with Gasteiger partial charge in [-0.05, 0) is 42.5 Å². The van der Waals surface area contributed by atoms with Gasteiger partial charge in [0, 0.05) is 11.2 Å². The quantitative estimate of drug-likeness (QED) is 0.413. The number of ether oxygens (including phenoxy) is 1. The maximum atomic E-state index is 13.3. The van der Waals surface area contributed by atoms with Gasteiger partial charge in [0.2, 0.25) is 0 Å². The number of aromatic nitrogens is 1. The lowest BCUT2D eigenvalue weighted by molar-refractivity contribution is -0.119. The van der Waals surface area contributed by atoms with Gasteiger partial charge in [-0.25, -0.2) is 13.8 Å². The van der Waals surface area contributed by atoms with Crippen LogP contribution in [0.25, 0.3) is 0 Å². The molecular weight excluding hydrogens is 440 g/mol. The van der Waals surface area contributed by atoms with Gasteiger partial charge in [-0.1, -0.05) is 35.9 Å². The summed E-state index contributed by atoms with van der Waals surface area (Å²) in [4.78, 5) is 16.6. The Labute approximate surface area is 185 Å². The molecule has 1 amide bonds. The maximum Gasteiger partial charge on any atom is 0.264 e. The number of methoxy groups -OCH3 is 1. The first kappa shape index (κ1) is 22.3. The van der Waals surface area contributed by atoms with E-state index in [2.05, 4.69) is 15.5 Å². The van der Waals surface area contributed by atoms with Crippen LogP contribution in [-0.4, -0.2) is 39.2 Å². The highest BCUT2D eigenvalue weighted by Gasteiger charge is 2.29. The van der Waals surface area contributed by atoms with Gasteiger partial charge in [0.1, 0.15) is 12.3 Å². The highest BCUT2D eigenvalue weighted by atomic mass is 35.5. The van der Waals surface area contributed by atoms with Crippen LogP contribution in [0.3, 0.4) is 0 Å². The van der Waals surface area contributed by atoms with Crippen molar-refractivity contribution >= 4 is 39.4 Å². The number of carbonyl (C=O) groups excluding carboxylic acids is 1. The Morgan fingerprint density at radius 1 is 1.16 bits per heavy atom. The number of halogens is 1. The van der Waals surface area contributed by atoms with Crippen molar-refractivity contribution < 1.29 is 17.9 Å². The number of nitrogens with one attached hydrogen (secondary N) is 1. The number of carbonyl (C=O) groups is 1. The van der Waals surface area contributed by atoms with Crippen molar-refractivity contribution in [2.24, 2.45) is 5.10 Å². The Kier molecular flexibility index (Phi) is 7.22. The zero-order chi connectivity index (χ0) is 22.3. The topological polar surface area (TPSA) is 101 Å². The predicted octanol–water partition coefficient (Wildman–Crippen LogP) is 3.09. The molecule has 3 rings (SSSR count). The first-order valence-corrected chi connectivity index (χ1v) is 10.9. The average Bonchev–Trinajstić information content (AvgIpc) is 2.78. The van der Waals surface area contributed by atoms with E-state index in [1.807, 2.05) is 0 Å². The smallest absolute Gasteiger partial charge is 0.264 e. The van der Waals surface area contributed by atoms with Crippen LogP contribution in [0.15, 0.2) is 82.9 Å². The minimum atomic E-state index is -4.11. The molecule has 0 aliphatic heterocycles. The van der Waals surface area contributed by atoms with Crippen molar-refractivity contribution in [2.45, 2.75) is 4.90 Å². The molecule has 8 nitrogen and oxygen atoms in total. The Morgan fingerprint density at radius 3 is 2.58 bits per heavy atom. The van der Waals surface area contributed by atoms with E-state index < -0.39 is 22.5 Å². The minimum absolute atomic E-state index is 0.0156. The van der Waals surface area contributed by atoms with Gasteiger partial charge >= 0.3 is 0 Å². The highest BCUT2D eigenvalue weighted by molar-refractivity contribution is 7.92. The molecule has 160 valence electrons. The van der Waals surface area contributed by atoms with Gasteiger partial charge < -0.3 is 4.74 Å². The zero-order valence-electron chi connectivity index (χ0n) is 16.5. The normalized spacial score (nSPS) is 11.3. The maximum absolute atomic E-state index is 13.3. The lowest BCUT2D eigenvalue weighted by atomic mass is 10.3. The third-order valence-corrected chi connectivity index (χ3v) is 6.11. The number of pyridine rings is 1. The standard InChI is InChI=1S/C21H19ClN4O4S/c1-30-20-11-10-16(22)13-19(20)26(31(28,29)18-8-3-2-4-9-18)15-21(27)25-24-14-17-7-5-6-12-23-17/h2-14H,15H2,1H3,(H,25,27). The van der Waals surface area contributed by atoms with Crippen LogP contribution >= 0.6 is 11.6 Å². The molecule has 0 unspecified atom stereocenters. The van der Waals surface area contributed by atoms with Gasteiger partial charge in [0.25, 0.3) is 15.9 Å². The molecule has 0 radical (unpaired) electrons. The molecule has 0 aliphatic rings. The monoisotopic (exact) mass is 458 g/mol. The summed E-state index contributed by atoms with van der Waals surface area (Å²) in [5, 5.41) is 4.13. The summed E-state index contributed by atoms with van der Waals surface area (Å²) in [7, 11) is -2.71. The molecule has 0 spiro atoms. The molecule has 1 N–H and O–H groups in total. The summed E-state index contributed by atoms with van der Waals surface area (Å²) in [5.74, 6) is -0.414. The lowest BCUT2D eigenvalue weighted by Crippen LogP contribution is -2.39. The summed E-state index contributed by atoms with van der Waals surface area (Å²) in [6.45, 7) is -0.548. The Morgan fingerprint density at radius 2 is 1.90 bits per heavy atom. The Balaban J connectivity index is 1.92. The van der Waals surface area contributed by atoms with Crippen LogP contribution in [0.2, 0.25) is 5.02 Å². The molecule has 0 aliphatic carbocycles. The molecule has 0 saturated heterocycles. The highest BCUT2D eigenvalue weighted by Crippen LogP contribution is 2.34. The first-order chi connectivity index (χ1) is 14.9. The summed E-state index contributed by atoms with van der Waals surface area (Å²) in [6.07, 6.45) is 2.94. The van der Waals surface area contributed by atoms with Gasteiger partial charge in [-0.3, -0.25) is 14.1 Å².